The first-order chi connectivity index (χ1) is 9.77. The molecule has 105 valence electrons. The van der Waals surface area contributed by atoms with Crippen LogP contribution in [0, 0.1) is 6.07 Å². The molecule has 0 saturated carbocycles. The van der Waals surface area contributed by atoms with Gasteiger partial charge in [-0.2, -0.15) is 0 Å². The fourth-order valence-corrected chi connectivity index (χ4v) is 2.77. The zero-order chi connectivity index (χ0) is 13.7. The van der Waals surface area contributed by atoms with E-state index in [1.807, 2.05) is 42.5 Å². The first kappa shape index (κ1) is 13.9. The number of fused-ring (bicyclic) bond motifs is 5. The van der Waals surface area contributed by atoms with Crippen LogP contribution in [0.4, 0.5) is 0 Å². The zero-order valence-electron chi connectivity index (χ0n) is 11.3. The summed E-state index contributed by atoms with van der Waals surface area (Å²) in [5.74, 6) is 0. The van der Waals surface area contributed by atoms with Crippen LogP contribution in [0.2, 0.25) is 0 Å². The van der Waals surface area contributed by atoms with Crippen molar-refractivity contribution in [3.63, 3.8) is 0 Å². The van der Waals surface area contributed by atoms with Crippen LogP contribution in [0.1, 0.15) is 0 Å². The van der Waals surface area contributed by atoms with Crippen molar-refractivity contribution in [1.29, 1.82) is 0 Å². The largest absolute Gasteiger partial charge is 0.352 e. The van der Waals surface area contributed by atoms with Gasteiger partial charge in [0.25, 0.3) is 0 Å². The number of nitrogens with zero attached hydrogens (tertiary/aromatic N) is 2. The maximum absolute atomic E-state index is 12.5. The Morgan fingerprint density at radius 3 is 2.86 bits per heavy atom. The van der Waals surface area contributed by atoms with Crippen LogP contribution < -0.4 is 5.56 Å². The second-order valence-corrected chi connectivity index (χ2v) is 4.86. The molecular weight excluding hydrogens is 440 g/mol. The molecule has 2 heterocycles. The zero-order valence-corrected chi connectivity index (χ0v) is 13.6. The minimum absolute atomic E-state index is 0. The van der Waals surface area contributed by atoms with E-state index in [9.17, 15) is 4.79 Å². The molecule has 4 heteroatoms. The molecule has 4 aromatic rings. The van der Waals surface area contributed by atoms with Crippen molar-refractivity contribution < 1.29 is 20.1 Å². The van der Waals surface area contributed by atoms with Crippen LogP contribution in [0.15, 0.2) is 53.5 Å². The molecule has 0 N–H and O–H groups in total. The van der Waals surface area contributed by atoms with Gasteiger partial charge in [0.05, 0.1) is 0 Å². The average molecular weight is 452 g/mol. The minimum atomic E-state index is -0.000321. The van der Waals surface area contributed by atoms with Gasteiger partial charge in [-0.25, -0.2) is 0 Å². The van der Waals surface area contributed by atoms with E-state index in [1.54, 1.807) is 17.8 Å². The van der Waals surface area contributed by atoms with E-state index in [1.165, 1.54) is 0 Å². The Morgan fingerprint density at radius 1 is 1.14 bits per heavy atom. The van der Waals surface area contributed by atoms with E-state index in [-0.39, 0.29) is 25.7 Å². The molecule has 0 spiro atoms. The van der Waals surface area contributed by atoms with Crippen molar-refractivity contribution in [3.8, 4) is 0 Å². The first-order valence-corrected chi connectivity index (χ1v) is 6.44. The molecule has 0 saturated heterocycles. The maximum atomic E-state index is 12.5. The molecule has 21 heavy (non-hydrogen) atoms. The molecule has 0 bridgehead atoms. The molecule has 1 radical (unpaired) electrons. The number of benzene rings is 2. The van der Waals surface area contributed by atoms with Gasteiger partial charge in [-0.3, -0.25) is 9.78 Å². The number of aromatic nitrogens is 2. The molecule has 0 aliphatic heterocycles. The fourth-order valence-electron chi connectivity index (χ4n) is 2.77. The van der Waals surface area contributed by atoms with E-state index in [0.29, 0.717) is 5.39 Å². The van der Waals surface area contributed by atoms with Crippen LogP contribution in [0.5, 0.6) is 0 Å². The number of hydrogen-bond acceptors (Lipinski definition) is 2. The summed E-state index contributed by atoms with van der Waals surface area (Å²) >= 11 is 0. The Bertz CT molecular complexity index is 1040. The third-order valence-electron chi connectivity index (χ3n) is 3.76. The van der Waals surface area contributed by atoms with Crippen LogP contribution in [-0.4, -0.2) is 9.55 Å². The predicted octanol–water partition coefficient (Wildman–Crippen LogP) is 3.04. The van der Waals surface area contributed by atoms with Crippen LogP contribution in [0.25, 0.3) is 32.6 Å². The molecule has 2 aromatic carbocycles. The molecule has 0 aliphatic rings. The summed E-state index contributed by atoms with van der Waals surface area (Å²) in [5.41, 5.74) is 1.73. The van der Waals surface area contributed by atoms with Gasteiger partial charge in [-0.05, 0) is 17.0 Å². The summed E-state index contributed by atoms with van der Waals surface area (Å²) < 4.78 is 1.67. The third-order valence-corrected chi connectivity index (χ3v) is 3.76. The summed E-state index contributed by atoms with van der Waals surface area (Å²) in [5, 5.41) is 3.55. The van der Waals surface area contributed by atoms with E-state index in [4.69, 9.17) is 0 Å². The number of hydrogen-bond donors (Lipinski definition) is 0. The van der Waals surface area contributed by atoms with Crippen molar-refractivity contribution >= 4 is 32.6 Å². The smallest absolute Gasteiger partial charge is 0.241 e. The SMILES string of the molecule is Cn1c(=O)c2ccc3cccnc3c2c2[c-]cccc21.[Ir]. The third kappa shape index (κ3) is 1.91. The molecule has 0 fully saturated rings. The van der Waals surface area contributed by atoms with Crippen molar-refractivity contribution in [2.75, 3.05) is 0 Å². The Labute approximate surface area is 134 Å². The molecule has 0 unspecified atom stereocenters. The quantitative estimate of drug-likeness (QED) is 0.304. The van der Waals surface area contributed by atoms with E-state index in [0.717, 1.165) is 27.2 Å². The van der Waals surface area contributed by atoms with Crippen LogP contribution in [-0.2, 0) is 27.2 Å². The van der Waals surface area contributed by atoms with Crippen LogP contribution in [0.3, 0.4) is 0 Å². The Balaban J connectivity index is 0.00000132. The van der Waals surface area contributed by atoms with Crippen molar-refractivity contribution in [1.82, 2.24) is 9.55 Å². The summed E-state index contributed by atoms with van der Waals surface area (Å²) in [7, 11) is 1.79. The Hall–Kier alpha value is -2.03. The summed E-state index contributed by atoms with van der Waals surface area (Å²) in [6, 6.07) is 16.7. The van der Waals surface area contributed by atoms with Gasteiger partial charge in [-0.1, -0.05) is 23.6 Å². The maximum Gasteiger partial charge on any atom is 0.241 e. The molecule has 4 rings (SSSR count). The van der Waals surface area contributed by atoms with Gasteiger partial charge >= 0.3 is 0 Å². The summed E-state index contributed by atoms with van der Waals surface area (Å²) in [4.78, 5) is 17.0. The molecule has 0 aliphatic carbocycles. The van der Waals surface area contributed by atoms with Gasteiger partial charge in [0.1, 0.15) is 0 Å². The Kier molecular flexibility index (Phi) is 3.36. The number of aryl methyl sites for hydroxylation is 1. The number of rotatable bonds is 0. The molecule has 3 nitrogen and oxygen atoms in total. The minimum Gasteiger partial charge on any atom is -0.352 e. The standard InChI is InChI=1S/C17H11N2O.Ir/c1-19-14-7-3-2-6-12(14)15-13(17(19)20)9-8-11-5-4-10-18-16(11)15;/h2-5,7-10H,1H3;/q-1;. The van der Waals surface area contributed by atoms with Gasteiger partial charge in [0.15, 0.2) is 0 Å². The van der Waals surface area contributed by atoms with E-state index >= 15 is 0 Å². The van der Waals surface area contributed by atoms with Gasteiger partial charge < -0.3 is 4.57 Å². The van der Waals surface area contributed by atoms with Crippen molar-refractivity contribution in [2.45, 2.75) is 0 Å². The first-order valence-electron chi connectivity index (χ1n) is 6.44. The molecule has 2 aromatic heterocycles. The molecule has 0 atom stereocenters. The molecule has 0 amide bonds. The van der Waals surface area contributed by atoms with E-state index < -0.39 is 0 Å². The second kappa shape index (κ2) is 5.06. The average Bonchev–Trinajstić information content (AvgIpc) is 2.51. The topological polar surface area (TPSA) is 34.9 Å². The van der Waals surface area contributed by atoms with Gasteiger partial charge in [-0.15, -0.1) is 29.7 Å². The monoisotopic (exact) mass is 452 g/mol. The van der Waals surface area contributed by atoms with E-state index in [2.05, 4.69) is 11.1 Å². The van der Waals surface area contributed by atoms with Crippen LogP contribution >= 0.6 is 0 Å². The predicted molar refractivity (Wildman–Crippen MR) is 80.8 cm³/mol. The second-order valence-electron chi connectivity index (χ2n) is 4.86. The fraction of sp³-hybridized carbons (Fsp3) is 0.0588. The van der Waals surface area contributed by atoms with Gasteiger partial charge in [0, 0.05) is 44.3 Å². The molecular formula is C17H11IrN2O-. The summed E-state index contributed by atoms with van der Waals surface area (Å²) in [6.45, 7) is 0. The van der Waals surface area contributed by atoms with Crippen molar-refractivity contribution in [2.24, 2.45) is 7.05 Å². The van der Waals surface area contributed by atoms with Gasteiger partial charge in [0.2, 0.25) is 5.56 Å². The number of pyridine rings is 2. The van der Waals surface area contributed by atoms with Crippen molar-refractivity contribution in [3.05, 3.63) is 65.1 Å². The Morgan fingerprint density at radius 2 is 2.00 bits per heavy atom. The normalized spacial score (nSPS) is 10.9. The summed E-state index contributed by atoms with van der Waals surface area (Å²) in [6.07, 6.45) is 1.76.